The summed E-state index contributed by atoms with van der Waals surface area (Å²) in [7, 11) is 0. The van der Waals surface area contributed by atoms with Crippen LogP contribution < -0.4 is 15.4 Å². The Balaban J connectivity index is 1.86. The van der Waals surface area contributed by atoms with Crippen molar-refractivity contribution >= 4 is 35.2 Å². The van der Waals surface area contributed by atoms with Crippen LogP contribution in [0.4, 0.5) is 5.69 Å². The van der Waals surface area contributed by atoms with E-state index in [-0.39, 0.29) is 24.2 Å². The number of carboxylic acids is 1. The largest absolute Gasteiger partial charge is 0.482 e. The quantitative estimate of drug-likeness (QED) is 0.663. The zero-order chi connectivity index (χ0) is 15.2. The van der Waals surface area contributed by atoms with Gasteiger partial charge in [-0.2, -0.15) is 0 Å². The number of hydrogen-bond acceptors (Lipinski definition) is 5. The van der Waals surface area contributed by atoms with E-state index in [1.165, 1.54) is 11.8 Å². The molecule has 2 amide bonds. The van der Waals surface area contributed by atoms with Crippen molar-refractivity contribution in [3.63, 3.8) is 0 Å². The summed E-state index contributed by atoms with van der Waals surface area (Å²) in [6, 6.07) is 4.78. The van der Waals surface area contributed by atoms with E-state index < -0.39 is 5.97 Å². The van der Waals surface area contributed by atoms with Crippen LogP contribution in [0.15, 0.2) is 18.2 Å². The number of nitrogens with one attached hydrogen (secondary N) is 2. The molecule has 0 saturated heterocycles. The fourth-order valence-corrected chi connectivity index (χ4v) is 2.29. The monoisotopic (exact) mass is 310 g/mol. The molecule has 0 aliphatic carbocycles. The minimum atomic E-state index is -0.878. The molecule has 0 radical (unpaired) electrons. The molecule has 0 spiro atoms. The Morgan fingerprint density at radius 2 is 2.24 bits per heavy atom. The Labute approximate surface area is 125 Å². The molecule has 21 heavy (non-hydrogen) atoms. The molecule has 7 nitrogen and oxygen atoms in total. The van der Waals surface area contributed by atoms with E-state index in [9.17, 15) is 14.4 Å². The minimum Gasteiger partial charge on any atom is -0.482 e. The second kappa shape index (κ2) is 6.98. The first-order valence-corrected chi connectivity index (χ1v) is 7.36. The number of fused-ring (bicyclic) bond motifs is 1. The van der Waals surface area contributed by atoms with Gasteiger partial charge in [-0.25, -0.2) is 0 Å². The number of carbonyl (C=O) groups is 3. The molecule has 0 bridgehead atoms. The van der Waals surface area contributed by atoms with Crippen LogP contribution >= 0.6 is 11.8 Å². The van der Waals surface area contributed by atoms with E-state index in [1.54, 1.807) is 18.2 Å². The molecule has 1 aromatic carbocycles. The molecule has 0 atom stereocenters. The molecule has 112 valence electrons. The highest BCUT2D eigenvalue weighted by molar-refractivity contribution is 7.99. The number of ether oxygens (including phenoxy) is 1. The number of anilines is 1. The number of carboxylic acid groups (broad SMARTS) is 1. The van der Waals surface area contributed by atoms with E-state index in [1.807, 2.05) is 0 Å². The summed E-state index contributed by atoms with van der Waals surface area (Å²) in [5, 5.41) is 13.8. The van der Waals surface area contributed by atoms with Gasteiger partial charge in [0.25, 0.3) is 11.8 Å². The molecule has 2 rings (SSSR count). The summed E-state index contributed by atoms with van der Waals surface area (Å²) in [5.41, 5.74) is 0.877. The van der Waals surface area contributed by atoms with Crippen LogP contribution in [-0.4, -0.2) is 47.5 Å². The van der Waals surface area contributed by atoms with Crippen LogP contribution in [0.2, 0.25) is 0 Å². The lowest BCUT2D eigenvalue weighted by Gasteiger charge is -2.18. The molecule has 1 heterocycles. The Bertz CT molecular complexity index is 576. The Hall–Kier alpha value is -2.22. The average molecular weight is 310 g/mol. The number of amides is 2. The molecule has 0 unspecified atom stereocenters. The first-order chi connectivity index (χ1) is 10.1. The number of thioether (sulfide) groups is 1. The zero-order valence-corrected chi connectivity index (χ0v) is 11.9. The summed E-state index contributed by atoms with van der Waals surface area (Å²) < 4.78 is 5.20. The number of rotatable bonds is 6. The maximum atomic E-state index is 11.9. The van der Waals surface area contributed by atoms with Crippen molar-refractivity contribution in [1.82, 2.24) is 5.32 Å². The molecule has 3 N–H and O–H groups in total. The highest BCUT2D eigenvalue weighted by atomic mass is 32.2. The van der Waals surface area contributed by atoms with Gasteiger partial charge < -0.3 is 20.5 Å². The van der Waals surface area contributed by atoms with Crippen LogP contribution in [0, 0.1) is 0 Å². The van der Waals surface area contributed by atoms with Crippen molar-refractivity contribution in [3.05, 3.63) is 23.8 Å². The fourth-order valence-electron chi connectivity index (χ4n) is 1.72. The second-order valence-corrected chi connectivity index (χ2v) is 5.36. The lowest BCUT2D eigenvalue weighted by molar-refractivity contribution is -0.133. The minimum absolute atomic E-state index is 0.0120. The maximum Gasteiger partial charge on any atom is 0.313 e. The molecular weight excluding hydrogens is 296 g/mol. The van der Waals surface area contributed by atoms with Crippen LogP contribution in [0.3, 0.4) is 0 Å². The van der Waals surface area contributed by atoms with Gasteiger partial charge in [-0.05, 0) is 18.2 Å². The van der Waals surface area contributed by atoms with Gasteiger partial charge in [-0.1, -0.05) is 0 Å². The van der Waals surface area contributed by atoms with Crippen molar-refractivity contribution in [3.8, 4) is 5.75 Å². The lowest BCUT2D eigenvalue weighted by atomic mass is 10.1. The summed E-state index contributed by atoms with van der Waals surface area (Å²) in [5.74, 6) is -0.362. The van der Waals surface area contributed by atoms with Crippen LogP contribution in [0.25, 0.3) is 0 Å². The standard InChI is InChI=1S/C13H14N2O5S/c16-11-6-20-10-2-1-8(5-9(10)15-11)13(19)14-3-4-21-7-12(17)18/h1-2,5H,3-4,6-7H2,(H,14,19)(H,15,16)(H,17,18). The smallest absolute Gasteiger partial charge is 0.313 e. The summed E-state index contributed by atoms with van der Waals surface area (Å²) in [6.07, 6.45) is 0. The molecule has 0 saturated carbocycles. The first kappa shape index (κ1) is 15.2. The normalized spacial score (nSPS) is 12.9. The molecule has 1 aliphatic heterocycles. The number of hydrogen-bond donors (Lipinski definition) is 3. The fraction of sp³-hybridized carbons (Fsp3) is 0.308. The van der Waals surface area contributed by atoms with E-state index in [0.29, 0.717) is 29.3 Å². The van der Waals surface area contributed by atoms with E-state index in [4.69, 9.17) is 9.84 Å². The number of carbonyl (C=O) groups excluding carboxylic acids is 2. The summed E-state index contributed by atoms with van der Waals surface area (Å²) in [4.78, 5) is 33.5. The van der Waals surface area contributed by atoms with Gasteiger partial charge in [0.1, 0.15) is 5.75 Å². The van der Waals surface area contributed by atoms with E-state index in [0.717, 1.165) is 0 Å². The van der Waals surface area contributed by atoms with Gasteiger partial charge in [-0.3, -0.25) is 14.4 Å². The predicted molar refractivity (Wildman–Crippen MR) is 77.9 cm³/mol. The topological polar surface area (TPSA) is 105 Å². The maximum absolute atomic E-state index is 11.9. The average Bonchev–Trinajstić information content (AvgIpc) is 2.45. The van der Waals surface area contributed by atoms with Crippen molar-refractivity contribution in [2.45, 2.75) is 0 Å². The molecular formula is C13H14N2O5S. The molecule has 0 fully saturated rings. The number of aliphatic carboxylic acids is 1. The van der Waals surface area contributed by atoms with Crippen LogP contribution in [0.1, 0.15) is 10.4 Å². The third-order valence-electron chi connectivity index (χ3n) is 2.63. The van der Waals surface area contributed by atoms with Gasteiger partial charge >= 0.3 is 5.97 Å². The lowest BCUT2D eigenvalue weighted by Crippen LogP contribution is -2.28. The Morgan fingerprint density at radius 3 is 3.00 bits per heavy atom. The SMILES string of the molecule is O=C(O)CSCCNC(=O)c1ccc2c(c1)NC(=O)CO2. The Morgan fingerprint density at radius 1 is 1.43 bits per heavy atom. The van der Waals surface area contributed by atoms with Gasteiger partial charge in [0, 0.05) is 17.9 Å². The molecule has 0 aromatic heterocycles. The molecule has 1 aliphatic rings. The van der Waals surface area contributed by atoms with E-state index in [2.05, 4.69) is 10.6 Å². The highest BCUT2D eigenvalue weighted by Crippen LogP contribution is 2.28. The molecule has 8 heteroatoms. The van der Waals surface area contributed by atoms with Crippen molar-refractivity contribution in [2.75, 3.05) is 30.0 Å². The number of benzene rings is 1. The predicted octanol–water partition coefficient (Wildman–Crippen LogP) is 0.565. The van der Waals surface area contributed by atoms with Crippen LogP contribution in [0.5, 0.6) is 5.75 Å². The van der Waals surface area contributed by atoms with E-state index >= 15 is 0 Å². The highest BCUT2D eigenvalue weighted by Gasteiger charge is 2.17. The van der Waals surface area contributed by atoms with Gasteiger partial charge in [-0.15, -0.1) is 11.8 Å². The second-order valence-electron chi connectivity index (χ2n) is 4.25. The Kier molecular flexibility index (Phi) is 5.04. The van der Waals surface area contributed by atoms with Crippen LogP contribution in [-0.2, 0) is 9.59 Å². The third-order valence-corrected chi connectivity index (χ3v) is 3.58. The zero-order valence-electron chi connectivity index (χ0n) is 11.0. The van der Waals surface area contributed by atoms with Crippen molar-refractivity contribution < 1.29 is 24.2 Å². The van der Waals surface area contributed by atoms with Crippen molar-refractivity contribution in [2.24, 2.45) is 0 Å². The van der Waals surface area contributed by atoms with Gasteiger partial charge in [0.05, 0.1) is 11.4 Å². The third kappa shape index (κ3) is 4.38. The molecule has 1 aromatic rings. The van der Waals surface area contributed by atoms with Crippen molar-refractivity contribution in [1.29, 1.82) is 0 Å². The summed E-state index contributed by atoms with van der Waals surface area (Å²) >= 11 is 1.23. The first-order valence-electron chi connectivity index (χ1n) is 6.20. The van der Waals surface area contributed by atoms with Gasteiger partial charge in [0.15, 0.2) is 6.61 Å². The summed E-state index contributed by atoms with van der Waals surface area (Å²) in [6.45, 7) is 0.343. The van der Waals surface area contributed by atoms with Gasteiger partial charge in [0.2, 0.25) is 0 Å².